The Bertz CT molecular complexity index is 642. The maximum atomic E-state index is 12.8. The third-order valence-electron chi connectivity index (χ3n) is 5.36. The molecule has 1 saturated heterocycles. The third-order valence-corrected chi connectivity index (χ3v) is 5.36. The summed E-state index contributed by atoms with van der Waals surface area (Å²) in [6.07, 6.45) is -1.69. The van der Waals surface area contributed by atoms with Gasteiger partial charge in [-0.2, -0.15) is 13.2 Å². The SMILES string of the molecule is O=C1[C@@H]2[C@H]3CC[C@H](C3)[C@@H]2C(=O)N1c1cccc(C(F)(F)F)c1. The highest BCUT2D eigenvalue weighted by molar-refractivity contribution is 6.22. The first kappa shape index (κ1) is 13.8. The third kappa shape index (κ3) is 1.76. The maximum Gasteiger partial charge on any atom is 0.416 e. The van der Waals surface area contributed by atoms with Crippen LogP contribution in [0.2, 0.25) is 0 Å². The minimum Gasteiger partial charge on any atom is -0.274 e. The monoisotopic (exact) mass is 309 g/mol. The number of alkyl halides is 3. The predicted octanol–water partition coefficient (Wildman–Crippen LogP) is 3.24. The first-order valence-corrected chi connectivity index (χ1v) is 7.43. The van der Waals surface area contributed by atoms with Crippen LogP contribution in [0.15, 0.2) is 24.3 Å². The quantitative estimate of drug-likeness (QED) is 0.747. The molecule has 4 atom stereocenters. The van der Waals surface area contributed by atoms with Crippen molar-refractivity contribution in [1.82, 2.24) is 0 Å². The molecule has 3 fully saturated rings. The van der Waals surface area contributed by atoms with Gasteiger partial charge in [-0.1, -0.05) is 6.07 Å². The van der Waals surface area contributed by atoms with E-state index >= 15 is 0 Å². The van der Waals surface area contributed by atoms with Gasteiger partial charge in [0.05, 0.1) is 23.1 Å². The van der Waals surface area contributed by atoms with Crippen molar-refractivity contribution < 1.29 is 22.8 Å². The van der Waals surface area contributed by atoms with Gasteiger partial charge >= 0.3 is 6.18 Å². The number of hydrogen-bond donors (Lipinski definition) is 0. The summed E-state index contributed by atoms with van der Waals surface area (Å²) in [5, 5.41) is 0. The number of halogens is 3. The van der Waals surface area contributed by atoms with E-state index in [1.165, 1.54) is 12.1 Å². The first-order valence-electron chi connectivity index (χ1n) is 7.43. The number of anilines is 1. The zero-order chi connectivity index (χ0) is 15.6. The van der Waals surface area contributed by atoms with Crippen molar-refractivity contribution in [2.75, 3.05) is 4.90 Å². The van der Waals surface area contributed by atoms with Crippen LogP contribution in [0.3, 0.4) is 0 Å². The molecule has 2 saturated carbocycles. The van der Waals surface area contributed by atoms with Gasteiger partial charge in [-0.05, 0) is 49.3 Å². The summed E-state index contributed by atoms with van der Waals surface area (Å²) >= 11 is 0. The highest BCUT2D eigenvalue weighted by Gasteiger charge is 2.61. The molecule has 6 heteroatoms. The molecular weight excluding hydrogens is 295 g/mol. The van der Waals surface area contributed by atoms with Crippen LogP contribution < -0.4 is 4.90 Å². The number of fused-ring (bicyclic) bond motifs is 5. The average Bonchev–Trinajstić information content (AvgIpc) is 3.12. The minimum atomic E-state index is -4.49. The van der Waals surface area contributed by atoms with Crippen molar-refractivity contribution in [3.05, 3.63) is 29.8 Å². The molecule has 0 aromatic heterocycles. The predicted molar refractivity (Wildman–Crippen MR) is 71.7 cm³/mol. The van der Waals surface area contributed by atoms with Crippen LogP contribution in [0.1, 0.15) is 24.8 Å². The Morgan fingerprint density at radius 2 is 1.59 bits per heavy atom. The minimum absolute atomic E-state index is 0.0404. The molecule has 1 aromatic carbocycles. The molecule has 0 radical (unpaired) electrons. The first-order chi connectivity index (χ1) is 10.4. The van der Waals surface area contributed by atoms with Crippen molar-refractivity contribution in [2.24, 2.45) is 23.7 Å². The molecule has 2 aliphatic carbocycles. The Kier molecular flexibility index (Phi) is 2.72. The highest BCUT2D eigenvalue weighted by atomic mass is 19.4. The molecule has 4 rings (SSSR count). The zero-order valence-electron chi connectivity index (χ0n) is 11.6. The van der Waals surface area contributed by atoms with Crippen molar-refractivity contribution in [2.45, 2.75) is 25.4 Å². The lowest BCUT2D eigenvalue weighted by molar-refractivity contribution is -0.137. The van der Waals surface area contributed by atoms with E-state index < -0.39 is 11.7 Å². The summed E-state index contributed by atoms with van der Waals surface area (Å²) in [5.74, 6) is -0.825. The molecule has 1 heterocycles. The molecule has 116 valence electrons. The van der Waals surface area contributed by atoms with Crippen molar-refractivity contribution >= 4 is 17.5 Å². The number of hydrogen-bond acceptors (Lipinski definition) is 2. The van der Waals surface area contributed by atoms with Crippen LogP contribution in [-0.4, -0.2) is 11.8 Å². The molecule has 0 N–H and O–H groups in total. The van der Waals surface area contributed by atoms with Gasteiger partial charge < -0.3 is 0 Å². The molecule has 2 amide bonds. The van der Waals surface area contributed by atoms with Crippen LogP contribution in [-0.2, 0) is 15.8 Å². The number of amides is 2. The summed E-state index contributed by atoms with van der Waals surface area (Å²) < 4.78 is 38.5. The van der Waals surface area contributed by atoms with Crippen LogP contribution in [0.25, 0.3) is 0 Å². The fraction of sp³-hybridized carbons (Fsp3) is 0.500. The molecule has 0 spiro atoms. The fourth-order valence-electron chi connectivity index (χ4n) is 4.48. The number of benzene rings is 1. The Morgan fingerprint density at radius 3 is 2.14 bits per heavy atom. The van der Waals surface area contributed by atoms with E-state index in [0.29, 0.717) is 0 Å². The van der Waals surface area contributed by atoms with Crippen molar-refractivity contribution in [3.63, 3.8) is 0 Å². The number of rotatable bonds is 1. The van der Waals surface area contributed by atoms with Gasteiger partial charge in [0.15, 0.2) is 0 Å². The second-order valence-corrected chi connectivity index (χ2v) is 6.44. The Labute approximate surface area is 125 Å². The van der Waals surface area contributed by atoms with Crippen LogP contribution >= 0.6 is 0 Å². The van der Waals surface area contributed by atoms with E-state index in [2.05, 4.69) is 0 Å². The standard InChI is InChI=1S/C16H14F3NO2/c17-16(18,19)10-2-1-3-11(7-10)20-14(21)12-8-4-5-9(6-8)13(12)15(20)22/h1-3,7-9,12-13H,4-6H2/t8-,9+,12+,13-. The zero-order valence-corrected chi connectivity index (χ0v) is 11.6. The number of carbonyl (C=O) groups is 2. The van der Waals surface area contributed by atoms with E-state index in [9.17, 15) is 22.8 Å². The van der Waals surface area contributed by atoms with Crippen LogP contribution in [0.5, 0.6) is 0 Å². The molecule has 2 bridgehead atoms. The Hall–Kier alpha value is -1.85. The van der Waals surface area contributed by atoms with Gasteiger partial charge in [0.2, 0.25) is 11.8 Å². The molecule has 3 aliphatic rings. The maximum absolute atomic E-state index is 12.8. The second kappa shape index (κ2) is 4.33. The largest absolute Gasteiger partial charge is 0.416 e. The van der Waals surface area contributed by atoms with Gasteiger partial charge in [0.25, 0.3) is 0 Å². The van der Waals surface area contributed by atoms with Gasteiger partial charge in [-0.25, -0.2) is 0 Å². The lowest BCUT2D eigenvalue weighted by Gasteiger charge is -2.19. The van der Waals surface area contributed by atoms with Gasteiger partial charge in [0.1, 0.15) is 0 Å². The van der Waals surface area contributed by atoms with E-state index in [1.54, 1.807) is 0 Å². The number of nitrogens with zero attached hydrogens (tertiary/aromatic N) is 1. The lowest BCUT2D eigenvalue weighted by Crippen LogP contribution is -2.32. The van der Waals surface area contributed by atoms with E-state index in [-0.39, 0.29) is 41.2 Å². The average molecular weight is 309 g/mol. The van der Waals surface area contributed by atoms with E-state index in [1.807, 2.05) is 0 Å². The Balaban J connectivity index is 1.72. The van der Waals surface area contributed by atoms with Crippen molar-refractivity contribution in [1.29, 1.82) is 0 Å². The molecule has 0 unspecified atom stereocenters. The van der Waals surface area contributed by atoms with Crippen LogP contribution in [0, 0.1) is 23.7 Å². The second-order valence-electron chi connectivity index (χ2n) is 6.44. The van der Waals surface area contributed by atoms with Crippen LogP contribution in [0.4, 0.5) is 18.9 Å². The topological polar surface area (TPSA) is 37.4 Å². The molecule has 1 aromatic rings. The summed E-state index contributed by atoms with van der Waals surface area (Å²) in [5.41, 5.74) is -0.802. The summed E-state index contributed by atoms with van der Waals surface area (Å²) in [4.78, 5) is 26.1. The highest BCUT2D eigenvalue weighted by Crippen LogP contribution is 2.56. The number of carbonyl (C=O) groups excluding carboxylic acids is 2. The molecule has 22 heavy (non-hydrogen) atoms. The molecule has 3 nitrogen and oxygen atoms in total. The summed E-state index contributed by atoms with van der Waals surface area (Å²) in [6.45, 7) is 0. The van der Waals surface area contributed by atoms with Gasteiger partial charge in [0, 0.05) is 0 Å². The van der Waals surface area contributed by atoms with Gasteiger partial charge in [-0.3, -0.25) is 14.5 Å². The summed E-state index contributed by atoms with van der Waals surface area (Å²) in [7, 11) is 0. The van der Waals surface area contributed by atoms with E-state index in [0.717, 1.165) is 36.3 Å². The fourth-order valence-corrected chi connectivity index (χ4v) is 4.48. The lowest BCUT2D eigenvalue weighted by atomic mass is 9.81. The smallest absolute Gasteiger partial charge is 0.274 e. The number of imide groups is 1. The normalized spacial score (nSPS) is 33.7. The Morgan fingerprint density at radius 1 is 1.00 bits per heavy atom. The molecule has 1 aliphatic heterocycles. The molecular formula is C16H14F3NO2. The van der Waals surface area contributed by atoms with Gasteiger partial charge in [-0.15, -0.1) is 0 Å². The van der Waals surface area contributed by atoms with E-state index in [4.69, 9.17) is 0 Å². The van der Waals surface area contributed by atoms with Crippen molar-refractivity contribution in [3.8, 4) is 0 Å². The summed E-state index contributed by atoms with van der Waals surface area (Å²) in [6, 6.07) is 4.47.